The predicted octanol–water partition coefficient (Wildman–Crippen LogP) is 0.753. The summed E-state index contributed by atoms with van der Waals surface area (Å²) in [4.78, 5) is 15.3. The van der Waals surface area contributed by atoms with Gasteiger partial charge in [-0.1, -0.05) is 13.0 Å². The van der Waals surface area contributed by atoms with Crippen molar-refractivity contribution in [3.05, 3.63) is 23.9 Å². The van der Waals surface area contributed by atoms with E-state index in [9.17, 15) is 13.2 Å². The van der Waals surface area contributed by atoms with E-state index in [0.717, 1.165) is 5.69 Å². The van der Waals surface area contributed by atoms with Crippen LogP contribution in [0.25, 0.3) is 0 Å². The molecule has 1 aliphatic heterocycles. The minimum Gasteiger partial charge on any atom is -0.447 e. The lowest BCUT2D eigenvalue weighted by Crippen LogP contribution is -2.36. The van der Waals surface area contributed by atoms with Crippen molar-refractivity contribution in [3.8, 4) is 0 Å². The van der Waals surface area contributed by atoms with E-state index in [1.807, 2.05) is 6.92 Å². The van der Waals surface area contributed by atoms with Crippen LogP contribution in [0.5, 0.6) is 0 Å². The molecule has 1 aromatic rings. The van der Waals surface area contributed by atoms with Gasteiger partial charge in [-0.2, -0.15) is 12.7 Å². The summed E-state index contributed by atoms with van der Waals surface area (Å²) in [5.41, 5.74) is 0.763. The number of carbonyl (C=O) groups is 1. The number of nitrogens with zero attached hydrogens (tertiary/aromatic N) is 2. The van der Waals surface area contributed by atoms with Gasteiger partial charge >= 0.3 is 16.3 Å². The molecular formula is C10H13N3O4S. The highest BCUT2D eigenvalue weighted by Crippen LogP contribution is 2.14. The molecule has 1 aromatic heterocycles. The molecule has 0 aromatic carbocycles. The molecular weight excluding hydrogens is 258 g/mol. The second kappa shape index (κ2) is 4.81. The number of aromatic nitrogens is 1. The van der Waals surface area contributed by atoms with Crippen LogP contribution in [0.4, 0.5) is 10.6 Å². The monoisotopic (exact) mass is 271 g/mol. The first-order valence-electron chi connectivity index (χ1n) is 5.46. The van der Waals surface area contributed by atoms with E-state index < -0.39 is 16.3 Å². The third-order valence-corrected chi connectivity index (χ3v) is 3.80. The summed E-state index contributed by atoms with van der Waals surface area (Å²) in [6, 6.07) is 5.02. The zero-order valence-electron chi connectivity index (χ0n) is 9.79. The van der Waals surface area contributed by atoms with E-state index in [0.29, 0.717) is 10.7 Å². The van der Waals surface area contributed by atoms with Gasteiger partial charge in [-0.25, -0.2) is 14.5 Å². The van der Waals surface area contributed by atoms with Gasteiger partial charge in [0.1, 0.15) is 12.4 Å². The van der Waals surface area contributed by atoms with Gasteiger partial charge in [0.15, 0.2) is 0 Å². The molecule has 1 fully saturated rings. The molecule has 1 aliphatic rings. The van der Waals surface area contributed by atoms with Crippen molar-refractivity contribution in [2.75, 3.05) is 17.9 Å². The highest BCUT2D eigenvalue weighted by Gasteiger charge is 2.33. The van der Waals surface area contributed by atoms with E-state index in [4.69, 9.17) is 0 Å². The number of pyridine rings is 1. The van der Waals surface area contributed by atoms with Crippen LogP contribution in [-0.4, -0.2) is 37.0 Å². The Morgan fingerprint density at radius 2 is 2.28 bits per heavy atom. The topological polar surface area (TPSA) is 88.6 Å². The van der Waals surface area contributed by atoms with Crippen molar-refractivity contribution in [1.29, 1.82) is 0 Å². The van der Waals surface area contributed by atoms with Gasteiger partial charge in [0.25, 0.3) is 0 Å². The van der Waals surface area contributed by atoms with E-state index >= 15 is 0 Å². The molecule has 8 heteroatoms. The van der Waals surface area contributed by atoms with Gasteiger partial charge in [-0.3, -0.25) is 0 Å². The molecule has 0 bridgehead atoms. The fourth-order valence-electron chi connectivity index (χ4n) is 1.52. The lowest BCUT2D eigenvalue weighted by Gasteiger charge is -2.14. The number of nitrogens with one attached hydrogen (secondary N) is 1. The second-order valence-electron chi connectivity index (χ2n) is 3.66. The number of aryl methyl sites for hydroxylation is 1. The van der Waals surface area contributed by atoms with Crippen LogP contribution in [0.1, 0.15) is 12.6 Å². The third kappa shape index (κ3) is 2.53. The quantitative estimate of drug-likeness (QED) is 0.873. The third-order valence-electron chi connectivity index (χ3n) is 2.42. The molecule has 0 unspecified atom stereocenters. The number of rotatable bonds is 4. The maximum Gasteiger partial charge on any atom is 0.425 e. The normalized spacial score (nSPS) is 15.6. The van der Waals surface area contributed by atoms with Crippen molar-refractivity contribution in [3.63, 3.8) is 0 Å². The standard InChI is InChI=1S/C10H13N3O4S/c1-2-8-4-3-5-9(11-8)12-18(15,16)13-6-7-17-10(13)14/h3-5H,2,6-7H2,1H3,(H,11,12). The number of cyclic esters (lactones) is 1. The molecule has 7 nitrogen and oxygen atoms in total. The lowest BCUT2D eigenvalue weighted by molar-refractivity contribution is 0.170. The summed E-state index contributed by atoms with van der Waals surface area (Å²) in [7, 11) is -3.94. The molecule has 2 heterocycles. The van der Waals surface area contributed by atoms with Gasteiger partial charge in [-0.05, 0) is 18.6 Å². The summed E-state index contributed by atoms with van der Waals surface area (Å²) in [5, 5.41) is 0. The minimum absolute atomic E-state index is 0.0155. The Morgan fingerprint density at radius 1 is 1.50 bits per heavy atom. The molecule has 18 heavy (non-hydrogen) atoms. The zero-order chi connectivity index (χ0) is 13.2. The minimum atomic E-state index is -3.94. The fraction of sp³-hybridized carbons (Fsp3) is 0.400. The predicted molar refractivity (Wildman–Crippen MR) is 64.2 cm³/mol. The average Bonchev–Trinajstić information content (AvgIpc) is 2.76. The Hall–Kier alpha value is -1.83. The summed E-state index contributed by atoms with van der Waals surface area (Å²) >= 11 is 0. The first kappa shape index (κ1) is 12.6. The Labute approximate surface area is 105 Å². The SMILES string of the molecule is CCc1cccc(NS(=O)(=O)N2CCOC2=O)n1. The van der Waals surface area contributed by atoms with Crippen molar-refractivity contribution >= 4 is 22.1 Å². The van der Waals surface area contributed by atoms with Gasteiger partial charge in [0, 0.05) is 5.69 Å². The molecule has 98 valence electrons. The van der Waals surface area contributed by atoms with Crippen molar-refractivity contribution in [2.45, 2.75) is 13.3 Å². The molecule has 1 amide bonds. The summed E-state index contributed by atoms with van der Waals surface area (Å²) in [5.74, 6) is 0.189. The highest BCUT2D eigenvalue weighted by molar-refractivity contribution is 7.90. The molecule has 1 saturated heterocycles. The Morgan fingerprint density at radius 3 is 2.89 bits per heavy atom. The van der Waals surface area contributed by atoms with E-state index in [-0.39, 0.29) is 19.0 Å². The molecule has 0 aliphatic carbocycles. The summed E-state index contributed by atoms with van der Waals surface area (Å²) < 4.78 is 31.3. The molecule has 0 saturated carbocycles. The summed E-state index contributed by atoms with van der Waals surface area (Å²) in [6.07, 6.45) is -0.171. The van der Waals surface area contributed by atoms with Gasteiger partial charge in [-0.15, -0.1) is 0 Å². The first-order chi connectivity index (χ1) is 8.53. The van der Waals surface area contributed by atoms with Crippen LogP contribution in [0, 0.1) is 0 Å². The Balaban J connectivity index is 2.19. The number of hydrogen-bond donors (Lipinski definition) is 1. The number of ether oxygens (including phenoxy) is 1. The van der Waals surface area contributed by atoms with Crippen LogP contribution in [0.15, 0.2) is 18.2 Å². The number of anilines is 1. The van der Waals surface area contributed by atoms with E-state index in [1.165, 1.54) is 6.07 Å². The maximum absolute atomic E-state index is 11.9. The highest BCUT2D eigenvalue weighted by atomic mass is 32.2. The van der Waals surface area contributed by atoms with Crippen molar-refractivity contribution in [2.24, 2.45) is 0 Å². The van der Waals surface area contributed by atoms with Gasteiger partial charge in [0.2, 0.25) is 0 Å². The van der Waals surface area contributed by atoms with E-state index in [1.54, 1.807) is 12.1 Å². The first-order valence-corrected chi connectivity index (χ1v) is 6.90. The van der Waals surface area contributed by atoms with Crippen LogP contribution in [0.2, 0.25) is 0 Å². The van der Waals surface area contributed by atoms with Crippen molar-refractivity contribution in [1.82, 2.24) is 9.29 Å². The average molecular weight is 271 g/mol. The second-order valence-corrected chi connectivity index (χ2v) is 5.26. The Kier molecular flexibility index (Phi) is 3.37. The Bertz CT molecular complexity index is 558. The molecule has 0 atom stereocenters. The van der Waals surface area contributed by atoms with Gasteiger partial charge < -0.3 is 4.74 Å². The molecule has 2 rings (SSSR count). The van der Waals surface area contributed by atoms with Crippen LogP contribution in [-0.2, 0) is 21.4 Å². The molecule has 1 N–H and O–H groups in total. The summed E-state index contributed by atoms with van der Waals surface area (Å²) in [6.45, 7) is 2.00. The van der Waals surface area contributed by atoms with Crippen LogP contribution in [0.3, 0.4) is 0 Å². The van der Waals surface area contributed by atoms with Crippen LogP contribution < -0.4 is 4.72 Å². The maximum atomic E-state index is 11.9. The molecule has 0 spiro atoms. The fourth-order valence-corrected chi connectivity index (χ4v) is 2.57. The lowest BCUT2D eigenvalue weighted by atomic mass is 10.3. The molecule has 0 radical (unpaired) electrons. The largest absolute Gasteiger partial charge is 0.447 e. The van der Waals surface area contributed by atoms with Gasteiger partial charge in [0.05, 0.1) is 6.54 Å². The van der Waals surface area contributed by atoms with Crippen LogP contribution >= 0.6 is 0 Å². The number of amides is 1. The smallest absolute Gasteiger partial charge is 0.425 e. The van der Waals surface area contributed by atoms with Crippen molar-refractivity contribution < 1.29 is 17.9 Å². The number of hydrogen-bond acceptors (Lipinski definition) is 5. The van der Waals surface area contributed by atoms with E-state index in [2.05, 4.69) is 14.4 Å². The number of carbonyl (C=O) groups excluding carboxylic acids is 1. The zero-order valence-corrected chi connectivity index (χ0v) is 10.6.